The molecule has 12 heavy (non-hydrogen) atoms. The van der Waals surface area contributed by atoms with Gasteiger partial charge in [-0.05, 0) is 13.3 Å². The van der Waals surface area contributed by atoms with Crippen LogP contribution in [0.2, 0.25) is 0 Å². The quantitative estimate of drug-likeness (QED) is 0.653. The molecule has 0 radical (unpaired) electrons. The predicted molar refractivity (Wildman–Crippen MR) is 49.0 cm³/mol. The van der Waals surface area contributed by atoms with E-state index in [9.17, 15) is 5.11 Å². The average Bonchev–Trinajstić information content (AvgIpc) is 2.08. The standard InChI is InChI=1S/C10H20O2/c1-5-9-7(3)10(11)6(2)8(4)12-9/h6-11H,5H2,1-4H3/t6-,7+,8-,9-,10+/m1/s1. The van der Waals surface area contributed by atoms with Crippen LogP contribution in [0.3, 0.4) is 0 Å². The number of rotatable bonds is 1. The Labute approximate surface area is 74.9 Å². The lowest BCUT2D eigenvalue weighted by atomic mass is 9.82. The van der Waals surface area contributed by atoms with E-state index in [1.807, 2.05) is 6.92 Å². The second-order valence-electron chi connectivity index (χ2n) is 4.00. The highest BCUT2D eigenvalue weighted by molar-refractivity contribution is 4.85. The zero-order valence-electron chi connectivity index (χ0n) is 8.45. The fourth-order valence-corrected chi connectivity index (χ4v) is 1.97. The third-order valence-electron chi connectivity index (χ3n) is 3.20. The normalized spacial score (nSPS) is 49.2. The molecule has 1 N–H and O–H groups in total. The molecule has 1 heterocycles. The second kappa shape index (κ2) is 3.75. The lowest BCUT2D eigenvalue weighted by Crippen LogP contribution is -2.47. The summed E-state index contributed by atoms with van der Waals surface area (Å²) in [6.07, 6.45) is 1.24. The fraction of sp³-hybridized carbons (Fsp3) is 1.00. The molecule has 2 nitrogen and oxygen atoms in total. The highest BCUT2D eigenvalue weighted by atomic mass is 16.5. The zero-order valence-corrected chi connectivity index (χ0v) is 8.45. The Kier molecular flexibility index (Phi) is 3.13. The van der Waals surface area contributed by atoms with Crippen LogP contribution >= 0.6 is 0 Å². The van der Waals surface area contributed by atoms with Crippen molar-refractivity contribution in [2.45, 2.75) is 52.4 Å². The molecule has 0 unspecified atom stereocenters. The van der Waals surface area contributed by atoms with Crippen LogP contribution in [0.1, 0.15) is 34.1 Å². The van der Waals surface area contributed by atoms with E-state index in [4.69, 9.17) is 4.74 Å². The van der Waals surface area contributed by atoms with Gasteiger partial charge in [-0.2, -0.15) is 0 Å². The maximum Gasteiger partial charge on any atom is 0.0640 e. The van der Waals surface area contributed by atoms with Gasteiger partial charge >= 0.3 is 0 Å². The smallest absolute Gasteiger partial charge is 0.0640 e. The maximum absolute atomic E-state index is 9.84. The molecule has 1 aliphatic rings. The van der Waals surface area contributed by atoms with E-state index >= 15 is 0 Å². The van der Waals surface area contributed by atoms with Crippen molar-refractivity contribution in [1.82, 2.24) is 0 Å². The molecule has 0 bridgehead atoms. The molecule has 2 heteroatoms. The van der Waals surface area contributed by atoms with Crippen molar-refractivity contribution < 1.29 is 9.84 Å². The van der Waals surface area contributed by atoms with Crippen molar-refractivity contribution in [3.05, 3.63) is 0 Å². The van der Waals surface area contributed by atoms with Gasteiger partial charge in [-0.1, -0.05) is 20.8 Å². The minimum Gasteiger partial charge on any atom is -0.392 e. The Morgan fingerprint density at radius 1 is 1.17 bits per heavy atom. The van der Waals surface area contributed by atoms with Crippen molar-refractivity contribution in [3.8, 4) is 0 Å². The Balaban J connectivity index is 2.63. The van der Waals surface area contributed by atoms with E-state index in [0.29, 0.717) is 0 Å². The van der Waals surface area contributed by atoms with Gasteiger partial charge in [0.1, 0.15) is 0 Å². The first-order valence-electron chi connectivity index (χ1n) is 4.91. The van der Waals surface area contributed by atoms with E-state index in [1.54, 1.807) is 0 Å². The van der Waals surface area contributed by atoms with Crippen LogP contribution in [0.5, 0.6) is 0 Å². The minimum atomic E-state index is -0.196. The lowest BCUT2D eigenvalue weighted by Gasteiger charge is -2.41. The third-order valence-corrected chi connectivity index (χ3v) is 3.20. The summed E-state index contributed by atoms with van der Waals surface area (Å²) in [5, 5.41) is 9.84. The summed E-state index contributed by atoms with van der Waals surface area (Å²) in [5.41, 5.74) is 0. The first-order valence-corrected chi connectivity index (χ1v) is 4.91. The molecular weight excluding hydrogens is 152 g/mol. The van der Waals surface area contributed by atoms with Gasteiger partial charge < -0.3 is 9.84 Å². The number of hydrogen-bond acceptors (Lipinski definition) is 2. The number of aliphatic hydroxyl groups is 1. The Bertz CT molecular complexity index is 142. The summed E-state index contributed by atoms with van der Waals surface area (Å²) in [7, 11) is 0. The predicted octanol–water partition coefficient (Wildman–Crippen LogP) is 1.82. The summed E-state index contributed by atoms with van der Waals surface area (Å²) in [6.45, 7) is 8.28. The van der Waals surface area contributed by atoms with Crippen LogP contribution in [0.15, 0.2) is 0 Å². The van der Waals surface area contributed by atoms with Crippen LogP contribution in [0, 0.1) is 11.8 Å². The monoisotopic (exact) mass is 172 g/mol. The van der Waals surface area contributed by atoms with Gasteiger partial charge in [0.15, 0.2) is 0 Å². The van der Waals surface area contributed by atoms with Crippen LogP contribution < -0.4 is 0 Å². The molecule has 0 saturated carbocycles. The molecule has 0 aliphatic carbocycles. The van der Waals surface area contributed by atoms with Crippen LogP contribution in [-0.2, 0) is 4.74 Å². The molecule has 1 saturated heterocycles. The van der Waals surface area contributed by atoms with Gasteiger partial charge in [-0.25, -0.2) is 0 Å². The average molecular weight is 172 g/mol. The van der Waals surface area contributed by atoms with Gasteiger partial charge in [-0.3, -0.25) is 0 Å². The first kappa shape index (κ1) is 10.0. The van der Waals surface area contributed by atoms with Gasteiger partial charge in [0.2, 0.25) is 0 Å². The minimum absolute atomic E-state index is 0.196. The number of aliphatic hydroxyl groups excluding tert-OH is 1. The third kappa shape index (κ3) is 1.64. The fourth-order valence-electron chi connectivity index (χ4n) is 1.97. The van der Waals surface area contributed by atoms with Crippen molar-refractivity contribution in [2.75, 3.05) is 0 Å². The van der Waals surface area contributed by atoms with Crippen LogP contribution in [0.25, 0.3) is 0 Å². The highest BCUT2D eigenvalue weighted by Gasteiger charge is 2.37. The summed E-state index contributed by atoms with van der Waals surface area (Å²) in [6, 6.07) is 0. The molecule has 0 aromatic rings. The molecule has 72 valence electrons. The van der Waals surface area contributed by atoms with Crippen molar-refractivity contribution >= 4 is 0 Å². The molecule has 1 aliphatic heterocycles. The lowest BCUT2D eigenvalue weighted by molar-refractivity contribution is -0.157. The summed E-state index contributed by atoms with van der Waals surface area (Å²) in [4.78, 5) is 0. The van der Waals surface area contributed by atoms with Gasteiger partial charge in [-0.15, -0.1) is 0 Å². The molecule has 0 spiro atoms. The molecule has 0 amide bonds. The highest BCUT2D eigenvalue weighted by Crippen LogP contribution is 2.30. The molecular formula is C10H20O2. The zero-order chi connectivity index (χ0) is 9.30. The number of hydrogen-bond donors (Lipinski definition) is 1. The first-order chi connectivity index (χ1) is 5.57. The van der Waals surface area contributed by atoms with E-state index in [1.165, 1.54) is 0 Å². The van der Waals surface area contributed by atoms with E-state index in [0.717, 1.165) is 6.42 Å². The van der Waals surface area contributed by atoms with Gasteiger partial charge in [0.25, 0.3) is 0 Å². The second-order valence-corrected chi connectivity index (χ2v) is 4.00. The SMILES string of the molecule is CC[C@H]1O[C@H](C)[C@@H](C)[C@H](O)[C@H]1C. The van der Waals surface area contributed by atoms with Crippen molar-refractivity contribution in [2.24, 2.45) is 11.8 Å². The molecule has 1 fully saturated rings. The summed E-state index contributed by atoms with van der Waals surface area (Å²) >= 11 is 0. The van der Waals surface area contributed by atoms with Gasteiger partial charge in [0.05, 0.1) is 18.3 Å². The Morgan fingerprint density at radius 2 is 1.75 bits per heavy atom. The Morgan fingerprint density at radius 3 is 2.25 bits per heavy atom. The van der Waals surface area contributed by atoms with E-state index < -0.39 is 0 Å². The Hall–Kier alpha value is -0.0800. The molecule has 0 aromatic heterocycles. The van der Waals surface area contributed by atoms with Gasteiger partial charge in [0, 0.05) is 11.8 Å². The van der Waals surface area contributed by atoms with Crippen molar-refractivity contribution in [3.63, 3.8) is 0 Å². The van der Waals surface area contributed by atoms with Crippen molar-refractivity contribution in [1.29, 1.82) is 0 Å². The number of ether oxygens (including phenoxy) is 1. The molecule has 0 aromatic carbocycles. The van der Waals surface area contributed by atoms with Crippen LogP contribution in [-0.4, -0.2) is 23.4 Å². The summed E-state index contributed by atoms with van der Waals surface area (Å²) in [5.74, 6) is 0.545. The maximum atomic E-state index is 9.84. The van der Waals surface area contributed by atoms with Crippen LogP contribution in [0.4, 0.5) is 0 Å². The van der Waals surface area contributed by atoms with E-state index in [2.05, 4.69) is 20.8 Å². The molecule has 5 atom stereocenters. The topological polar surface area (TPSA) is 29.5 Å². The molecule has 1 rings (SSSR count). The summed E-state index contributed by atoms with van der Waals surface area (Å²) < 4.78 is 5.77. The largest absolute Gasteiger partial charge is 0.392 e. The van der Waals surface area contributed by atoms with E-state index in [-0.39, 0.29) is 30.1 Å².